The Kier molecular flexibility index (Phi) is 10.0. The minimum atomic E-state index is -5.14. The number of nitrogens with zero attached hydrogens (tertiary/aromatic N) is 3. The number of thiophene rings is 1. The van der Waals surface area contributed by atoms with Crippen LogP contribution >= 0.6 is 11.3 Å². The molecule has 0 radical (unpaired) electrons. The summed E-state index contributed by atoms with van der Waals surface area (Å²) >= 11 is 1.46. The normalized spacial score (nSPS) is 17.4. The Morgan fingerprint density at radius 2 is 1.91 bits per heavy atom. The van der Waals surface area contributed by atoms with Gasteiger partial charge in [-0.2, -0.15) is 13.2 Å². The van der Waals surface area contributed by atoms with Gasteiger partial charge in [0.2, 0.25) is 5.91 Å². The van der Waals surface area contributed by atoms with E-state index >= 15 is 0 Å². The van der Waals surface area contributed by atoms with Gasteiger partial charge in [-0.3, -0.25) is 19.9 Å². The summed E-state index contributed by atoms with van der Waals surface area (Å²) in [5, 5.41) is 8.13. The molecule has 1 unspecified atom stereocenters. The summed E-state index contributed by atoms with van der Waals surface area (Å²) in [6.45, 7) is 4.57. The SMILES string of the molecule is C=C(F)/C(F)=C\C=C(/C)CNC(=O)[C@H]1C=C(NC(=O)C(F)(F)F)C=NC1NCc1ccc(-c2ccc3ncnc(N)c3c2)s1. The summed E-state index contributed by atoms with van der Waals surface area (Å²) in [6, 6.07) is 9.41. The number of alkyl halides is 3. The number of hydrogen-bond acceptors (Lipinski definition) is 8. The van der Waals surface area contributed by atoms with Crippen molar-refractivity contribution >= 4 is 46.1 Å². The molecule has 15 heteroatoms. The van der Waals surface area contributed by atoms with Crippen molar-refractivity contribution in [2.75, 3.05) is 12.3 Å². The fourth-order valence-corrected chi connectivity index (χ4v) is 4.98. The van der Waals surface area contributed by atoms with Gasteiger partial charge in [0.15, 0.2) is 11.7 Å². The third kappa shape index (κ3) is 8.20. The standard InChI is InChI=1S/C29H26F5N7O2S/c1-15(3-6-22(31)16(2)30)11-38-27(42)21-10-18(41-28(43)29(32,33)34)12-36-26(21)37-13-19-5-8-24(44-19)17-4-7-23-20(9-17)25(35)40-14-39-23/h3-10,12,14,21,26,37H,2,11,13H2,1H3,(H,38,42)(H,41,43)(H2,35,39,40)/b15-3+,22-6+/t21-,26?/m0/s1. The van der Waals surface area contributed by atoms with E-state index in [1.54, 1.807) is 12.2 Å². The molecule has 2 atom stereocenters. The van der Waals surface area contributed by atoms with Crippen LogP contribution < -0.4 is 21.7 Å². The Balaban J connectivity index is 1.48. The topological polar surface area (TPSA) is 134 Å². The number of carbonyl (C=O) groups is 2. The van der Waals surface area contributed by atoms with E-state index in [9.17, 15) is 31.5 Å². The van der Waals surface area contributed by atoms with Crippen LogP contribution in [-0.4, -0.2) is 46.9 Å². The maximum absolute atomic E-state index is 13.4. The van der Waals surface area contributed by atoms with Crippen molar-refractivity contribution in [3.8, 4) is 10.4 Å². The number of dihydropyridines is 1. The lowest BCUT2D eigenvalue weighted by Gasteiger charge is -2.26. The highest BCUT2D eigenvalue weighted by molar-refractivity contribution is 7.15. The number of aromatic nitrogens is 2. The van der Waals surface area contributed by atoms with Crippen molar-refractivity contribution in [1.29, 1.82) is 0 Å². The van der Waals surface area contributed by atoms with Gasteiger partial charge < -0.3 is 16.4 Å². The second kappa shape index (κ2) is 13.7. The average Bonchev–Trinajstić information content (AvgIpc) is 3.46. The van der Waals surface area contributed by atoms with Crippen molar-refractivity contribution in [2.24, 2.45) is 10.9 Å². The summed E-state index contributed by atoms with van der Waals surface area (Å²) in [5.74, 6) is -6.04. The van der Waals surface area contributed by atoms with Crippen LogP contribution in [0.4, 0.5) is 27.8 Å². The zero-order chi connectivity index (χ0) is 32.0. The number of fused-ring (bicyclic) bond motifs is 1. The van der Waals surface area contributed by atoms with Crippen molar-refractivity contribution in [3.63, 3.8) is 0 Å². The molecule has 5 N–H and O–H groups in total. The van der Waals surface area contributed by atoms with Crippen LogP contribution in [0.3, 0.4) is 0 Å². The van der Waals surface area contributed by atoms with Gasteiger partial charge >= 0.3 is 12.1 Å². The van der Waals surface area contributed by atoms with Gasteiger partial charge in [0, 0.05) is 34.4 Å². The largest absolute Gasteiger partial charge is 0.471 e. The van der Waals surface area contributed by atoms with Gasteiger partial charge in [0.1, 0.15) is 18.3 Å². The molecular formula is C29H26F5N7O2S. The molecule has 1 aromatic carbocycles. The molecule has 1 aliphatic rings. The number of hydrogen-bond donors (Lipinski definition) is 4. The number of allylic oxidation sites excluding steroid dienone is 5. The van der Waals surface area contributed by atoms with Crippen LogP contribution in [0.15, 0.2) is 89.4 Å². The lowest BCUT2D eigenvalue weighted by atomic mass is 10.0. The number of nitrogen functional groups attached to an aromatic ring is 1. The predicted octanol–water partition coefficient (Wildman–Crippen LogP) is 5.02. The highest BCUT2D eigenvalue weighted by Gasteiger charge is 2.39. The molecule has 0 saturated carbocycles. The number of rotatable bonds is 10. The zero-order valence-corrected chi connectivity index (χ0v) is 23.9. The quantitative estimate of drug-likeness (QED) is 0.184. The maximum Gasteiger partial charge on any atom is 0.471 e. The fraction of sp³-hybridized carbons (Fsp3) is 0.207. The molecule has 2 amide bonds. The van der Waals surface area contributed by atoms with Gasteiger partial charge in [0.25, 0.3) is 0 Å². The number of halogens is 5. The van der Waals surface area contributed by atoms with E-state index in [4.69, 9.17) is 5.73 Å². The molecule has 0 aliphatic carbocycles. The van der Waals surface area contributed by atoms with E-state index in [2.05, 4.69) is 32.2 Å². The molecule has 0 bridgehead atoms. The van der Waals surface area contributed by atoms with Gasteiger partial charge in [-0.1, -0.05) is 24.3 Å². The first-order valence-corrected chi connectivity index (χ1v) is 13.7. The minimum Gasteiger partial charge on any atom is -0.383 e. The third-order valence-electron chi connectivity index (χ3n) is 6.30. The minimum absolute atomic E-state index is 0.0814. The van der Waals surface area contributed by atoms with Crippen LogP contribution in [0.25, 0.3) is 21.3 Å². The molecule has 1 aliphatic heterocycles. The second-order valence-electron chi connectivity index (χ2n) is 9.61. The highest BCUT2D eigenvalue weighted by Crippen LogP contribution is 2.31. The second-order valence-corrected chi connectivity index (χ2v) is 10.8. The Morgan fingerprint density at radius 3 is 2.64 bits per heavy atom. The lowest BCUT2D eigenvalue weighted by molar-refractivity contribution is -0.172. The molecule has 0 fully saturated rings. The summed E-state index contributed by atoms with van der Waals surface area (Å²) in [5.41, 5.74) is 7.73. The van der Waals surface area contributed by atoms with Crippen LogP contribution in [-0.2, 0) is 16.1 Å². The molecule has 3 aromatic rings. The van der Waals surface area contributed by atoms with E-state index in [1.165, 1.54) is 23.7 Å². The van der Waals surface area contributed by atoms with E-state index in [0.29, 0.717) is 22.3 Å². The van der Waals surface area contributed by atoms with Crippen molar-refractivity contribution in [3.05, 3.63) is 89.3 Å². The number of anilines is 1. The first-order chi connectivity index (χ1) is 20.8. The smallest absolute Gasteiger partial charge is 0.383 e. The van der Waals surface area contributed by atoms with Crippen LogP contribution in [0, 0.1) is 5.92 Å². The number of amides is 2. The van der Waals surface area contributed by atoms with Gasteiger partial charge in [-0.25, -0.2) is 18.7 Å². The summed E-state index contributed by atoms with van der Waals surface area (Å²) < 4.78 is 64.6. The highest BCUT2D eigenvalue weighted by atomic mass is 32.1. The van der Waals surface area contributed by atoms with Crippen molar-refractivity contribution in [2.45, 2.75) is 25.8 Å². The molecule has 9 nitrogen and oxygen atoms in total. The molecule has 230 valence electrons. The molecule has 0 spiro atoms. The number of aliphatic imine (C=N–C) groups is 1. The molecule has 0 saturated heterocycles. The maximum atomic E-state index is 13.4. The van der Waals surface area contributed by atoms with E-state index in [-0.39, 0.29) is 18.8 Å². The Hall–Kier alpha value is -4.76. The summed E-state index contributed by atoms with van der Waals surface area (Å²) in [7, 11) is 0. The first-order valence-electron chi connectivity index (χ1n) is 12.9. The van der Waals surface area contributed by atoms with Crippen LogP contribution in [0.5, 0.6) is 0 Å². The number of carbonyl (C=O) groups excluding carboxylic acids is 2. The number of nitrogens with two attached hydrogens (primary N) is 1. The average molecular weight is 632 g/mol. The molecule has 4 rings (SSSR count). The number of nitrogens with one attached hydrogen (secondary N) is 3. The Morgan fingerprint density at radius 1 is 1.14 bits per heavy atom. The van der Waals surface area contributed by atoms with Crippen LogP contribution in [0.2, 0.25) is 0 Å². The Bertz CT molecular complexity index is 1710. The van der Waals surface area contributed by atoms with E-state index < -0.39 is 41.7 Å². The molecule has 44 heavy (non-hydrogen) atoms. The van der Waals surface area contributed by atoms with Gasteiger partial charge in [-0.15, -0.1) is 11.3 Å². The summed E-state index contributed by atoms with van der Waals surface area (Å²) in [6.07, 6.45) is -0.367. The van der Waals surface area contributed by atoms with E-state index in [0.717, 1.165) is 33.7 Å². The fourth-order valence-electron chi connectivity index (χ4n) is 4.03. The van der Waals surface area contributed by atoms with Crippen molar-refractivity contribution in [1.82, 2.24) is 25.9 Å². The first kappa shape index (κ1) is 32.2. The third-order valence-corrected chi connectivity index (χ3v) is 7.44. The zero-order valence-electron chi connectivity index (χ0n) is 23.1. The monoisotopic (exact) mass is 631 g/mol. The van der Waals surface area contributed by atoms with Gasteiger partial charge in [0.05, 0.1) is 17.1 Å². The molecule has 3 heterocycles. The molecule has 2 aromatic heterocycles. The van der Waals surface area contributed by atoms with Crippen LogP contribution in [0.1, 0.15) is 11.8 Å². The Labute approximate surface area is 252 Å². The van der Waals surface area contributed by atoms with Gasteiger partial charge in [-0.05, 0) is 48.9 Å². The number of benzene rings is 1. The van der Waals surface area contributed by atoms with Crippen molar-refractivity contribution < 1.29 is 31.5 Å². The predicted molar refractivity (Wildman–Crippen MR) is 158 cm³/mol. The van der Waals surface area contributed by atoms with E-state index in [1.807, 2.05) is 30.3 Å². The molecular weight excluding hydrogens is 605 g/mol. The lowest BCUT2D eigenvalue weighted by Crippen LogP contribution is -2.46. The summed E-state index contributed by atoms with van der Waals surface area (Å²) in [4.78, 5) is 38.8.